The van der Waals surface area contributed by atoms with Crippen LogP contribution in [-0.4, -0.2) is 51.1 Å². The maximum absolute atomic E-state index is 14.5. The highest BCUT2D eigenvalue weighted by Crippen LogP contribution is 2.53. The standard InChI is InChI=1S/C25H23FN8O/c1-28-18-8-13(26)7-15-20-22(31-21(15)18)32-24(33-23(20)34-6-4-25(12-34)10-19(25)27)35-14-9-17-16(30-11-14)3-2-5-29-17/h2-3,5,7-9,11,19,28H,4,6,10,12,27H2,1H3,(H,31,32,33)/t19-,25-/m0/s1. The van der Waals surface area contributed by atoms with Gasteiger partial charge >= 0.3 is 6.01 Å². The molecule has 5 aromatic rings. The molecule has 2 aliphatic rings. The average Bonchev–Trinajstić information content (AvgIpc) is 3.17. The van der Waals surface area contributed by atoms with Crippen molar-refractivity contribution in [1.82, 2.24) is 24.9 Å². The van der Waals surface area contributed by atoms with Gasteiger partial charge in [0.15, 0.2) is 5.75 Å². The number of rotatable bonds is 4. The molecule has 7 rings (SSSR count). The fraction of sp³-hybridized carbons (Fsp3) is 0.280. The van der Waals surface area contributed by atoms with Crippen molar-refractivity contribution in [2.75, 3.05) is 30.4 Å². The maximum Gasteiger partial charge on any atom is 0.326 e. The monoisotopic (exact) mass is 470 g/mol. The van der Waals surface area contributed by atoms with Crippen LogP contribution in [0.15, 0.2) is 42.7 Å². The lowest BCUT2D eigenvalue weighted by atomic mass is 10.1. The molecule has 9 nitrogen and oxygen atoms in total. The Balaban J connectivity index is 1.39. The molecule has 0 unspecified atom stereocenters. The van der Waals surface area contributed by atoms with E-state index in [0.717, 1.165) is 53.3 Å². The number of fused-ring (bicyclic) bond motifs is 4. The van der Waals surface area contributed by atoms with Gasteiger partial charge in [-0.15, -0.1) is 0 Å². The Kier molecular flexibility index (Phi) is 4.20. The number of aromatic amines is 1. The third-order valence-electron chi connectivity index (χ3n) is 7.33. The van der Waals surface area contributed by atoms with Crippen LogP contribution in [0.2, 0.25) is 0 Å². The number of H-pyrrole nitrogens is 1. The van der Waals surface area contributed by atoms with Crippen LogP contribution in [0.25, 0.3) is 33.0 Å². The number of nitrogens with zero attached hydrogens (tertiary/aromatic N) is 5. The Morgan fingerprint density at radius 1 is 1.23 bits per heavy atom. The predicted octanol–water partition coefficient (Wildman–Crippen LogP) is 3.95. The summed E-state index contributed by atoms with van der Waals surface area (Å²) in [6.45, 7) is 1.63. The maximum atomic E-state index is 14.5. The van der Waals surface area contributed by atoms with Crippen molar-refractivity contribution in [1.29, 1.82) is 0 Å². The third-order valence-corrected chi connectivity index (χ3v) is 7.33. The minimum Gasteiger partial charge on any atom is -0.422 e. The van der Waals surface area contributed by atoms with E-state index in [4.69, 9.17) is 15.5 Å². The van der Waals surface area contributed by atoms with Crippen LogP contribution in [0.4, 0.5) is 15.9 Å². The smallest absolute Gasteiger partial charge is 0.326 e. The summed E-state index contributed by atoms with van der Waals surface area (Å²) in [6, 6.07) is 8.92. The number of pyridine rings is 2. The molecule has 1 saturated carbocycles. The highest BCUT2D eigenvalue weighted by molar-refractivity contribution is 6.14. The van der Waals surface area contributed by atoms with Crippen LogP contribution in [0.3, 0.4) is 0 Å². The van der Waals surface area contributed by atoms with Crippen molar-refractivity contribution in [2.45, 2.75) is 18.9 Å². The molecule has 176 valence electrons. The van der Waals surface area contributed by atoms with Gasteiger partial charge in [-0.25, -0.2) is 4.39 Å². The van der Waals surface area contributed by atoms with Gasteiger partial charge in [0.1, 0.15) is 17.3 Å². The molecule has 1 spiro atoms. The molecule has 0 amide bonds. The van der Waals surface area contributed by atoms with E-state index in [1.54, 1.807) is 19.4 Å². The summed E-state index contributed by atoms with van der Waals surface area (Å²) in [6.07, 6.45) is 5.37. The Morgan fingerprint density at radius 2 is 2.11 bits per heavy atom. The SMILES string of the molecule is CNc1cc(F)cc2c1[nH]c1nc(Oc3cnc4cccnc4c3)nc(N3CC[C@]4(C[C@@H]4N)C3)c12. The Morgan fingerprint density at radius 3 is 2.91 bits per heavy atom. The lowest BCUT2D eigenvalue weighted by molar-refractivity contribution is 0.442. The number of aromatic nitrogens is 5. The molecular weight excluding hydrogens is 447 g/mol. The number of nitrogens with one attached hydrogen (secondary N) is 2. The molecule has 1 saturated heterocycles. The lowest BCUT2D eigenvalue weighted by Crippen LogP contribution is -2.24. The van der Waals surface area contributed by atoms with Crippen LogP contribution in [-0.2, 0) is 0 Å². The lowest BCUT2D eigenvalue weighted by Gasteiger charge is -2.19. The molecule has 1 aliphatic heterocycles. The number of nitrogens with two attached hydrogens (primary N) is 1. The summed E-state index contributed by atoms with van der Waals surface area (Å²) in [4.78, 5) is 23.8. The Hall–Kier alpha value is -4.05. The van der Waals surface area contributed by atoms with Gasteiger partial charge in [-0.1, -0.05) is 0 Å². The van der Waals surface area contributed by atoms with Gasteiger partial charge in [-0.2, -0.15) is 9.97 Å². The quantitative estimate of drug-likeness (QED) is 0.361. The van der Waals surface area contributed by atoms with Crippen molar-refractivity contribution >= 4 is 44.5 Å². The fourth-order valence-electron chi connectivity index (χ4n) is 5.32. The van der Waals surface area contributed by atoms with Gasteiger partial charge in [-0.05, 0) is 37.1 Å². The average molecular weight is 471 g/mol. The summed E-state index contributed by atoms with van der Waals surface area (Å²) in [5.41, 5.74) is 9.89. The van der Waals surface area contributed by atoms with E-state index in [0.29, 0.717) is 22.9 Å². The first kappa shape index (κ1) is 20.3. The van der Waals surface area contributed by atoms with Crippen LogP contribution in [0, 0.1) is 11.2 Å². The molecule has 1 aliphatic carbocycles. The van der Waals surface area contributed by atoms with E-state index in [1.807, 2.05) is 18.2 Å². The van der Waals surface area contributed by atoms with Crippen molar-refractivity contribution in [3.05, 3.63) is 48.5 Å². The fourth-order valence-corrected chi connectivity index (χ4v) is 5.32. The predicted molar refractivity (Wildman–Crippen MR) is 132 cm³/mol. The number of halogens is 1. The van der Waals surface area contributed by atoms with Gasteiger partial charge in [0, 0.05) is 49.2 Å². The second kappa shape index (κ2) is 7.22. The normalized spacial score (nSPS) is 21.5. The topological polar surface area (TPSA) is 118 Å². The number of ether oxygens (including phenoxy) is 1. The number of hydrogen-bond donors (Lipinski definition) is 3. The molecule has 2 atom stereocenters. The largest absolute Gasteiger partial charge is 0.422 e. The van der Waals surface area contributed by atoms with Crippen LogP contribution in [0.5, 0.6) is 11.8 Å². The van der Waals surface area contributed by atoms with Crippen LogP contribution < -0.4 is 20.7 Å². The van der Waals surface area contributed by atoms with Crippen molar-refractivity contribution in [3.8, 4) is 11.8 Å². The van der Waals surface area contributed by atoms with Crippen molar-refractivity contribution in [2.24, 2.45) is 11.1 Å². The van der Waals surface area contributed by atoms with E-state index in [9.17, 15) is 4.39 Å². The van der Waals surface area contributed by atoms with Crippen molar-refractivity contribution in [3.63, 3.8) is 0 Å². The van der Waals surface area contributed by atoms with E-state index in [1.165, 1.54) is 12.1 Å². The van der Waals surface area contributed by atoms with Gasteiger partial charge < -0.3 is 25.7 Å². The summed E-state index contributed by atoms with van der Waals surface area (Å²) in [5.74, 6) is 0.874. The van der Waals surface area contributed by atoms with Crippen LogP contribution >= 0.6 is 0 Å². The molecule has 5 heterocycles. The summed E-state index contributed by atoms with van der Waals surface area (Å²) in [7, 11) is 1.76. The van der Waals surface area contributed by atoms with Gasteiger partial charge in [-0.3, -0.25) is 9.97 Å². The zero-order valence-corrected chi connectivity index (χ0v) is 19.0. The Bertz CT molecular complexity index is 1640. The molecule has 2 fully saturated rings. The molecular formula is C25H23FN8O. The molecule has 4 aromatic heterocycles. The molecule has 4 N–H and O–H groups in total. The first-order valence-electron chi connectivity index (χ1n) is 11.6. The third kappa shape index (κ3) is 3.17. The van der Waals surface area contributed by atoms with Crippen molar-refractivity contribution < 1.29 is 9.13 Å². The highest BCUT2D eigenvalue weighted by atomic mass is 19.1. The molecule has 1 aromatic carbocycles. The second-order valence-corrected chi connectivity index (χ2v) is 9.46. The highest BCUT2D eigenvalue weighted by Gasteiger charge is 2.56. The number of benzene rings is 1. The van der Waals surface area contributed by atoms with Crippen LogP contribution in [0.1, 0.15) is 12.8 Å². The van der Waals surface area contributed by atoms with Gasteiger partial charge in [0.25, 0.3) is 0 Å². The van der Waals surface area contributed by atoms with E-state index in [-0.39, 0.29) is 23.3 Å². The minimum atomic E-state index is -0.328. The number of hydrogen-bond acceptors (Lipinski definition) is 8. The number of anilines is 2. The first-order chi connectivity index (χ1) is 17.0. The Labute approximate surface area is 199 Å². The first-order valence-corrected chi connectivity index (χ1v) is 11.6. The zero-order valence-electron chi connectivity index (χ0n) is 19.0. The van der Waals surface area contributed by atoms with Gasteiger partial charge in [0.05, 0.1) is 33.8 Å². The summed E-state index contributed by atoms with van der Waals surface area (Å²) in [5, 5.41) is 4.56. The molecule has 35 heavy (non-hydrogen) atoms. The minimum absolute atomic E-state index is 0.139. The van der Waals surface area contributed by atoms with E-state index < -0.39 is 0 Å². The zero-order chi connectivity index (χ0) is 23.7. The van der Waals surface area contributed by atoms with E-state index >= 15 is 0 Å². The molecule has 0 radical (unpaired) electrons. The van der Waals surface area contributed by atoms with E-state index in [2.05, 4.69) is 30.2 Å². The second-order valence-electron chi connectivity index (χ2n) is 9.46. The molecule has 0 bridgehead atoms. The summed E-state index contributed by atoms with van der Waals surface area (Å²) >= 11 is 0. The molecule has 10 heteroatoms. The summed E-state index contributed by atoms with van der Waals surface area (Å²) < 4.78 is 20.6. The van der Waals surface area contributed by atoms with Gasteiger partial charge in [0.2, 0.25) is 0 Å².